The highest BCUT2D eigenvalue weighted by Gasteiger charge is 2.10. The number of hydrogen-bond donors (Lipinski definition) is 2. The van der Waals surface area contributed by atoms with Crippen molar-refractivity contribution in [2.24, 2.45) is 0 Å². The molecule has 0 aliphatic rings. The van der Waals surface area contributed by atoms with Gasteiger partial charge in [0.15, 0.2) is 5.11 Å². The first-order valence-electron chi connectivity index (χ1n) is 5.54. The van der Waals surface area contributed by atoms with Crippen LogP contribution in [0.5, 0.6) is 11.5 Å². The van der Waals surface area contributed by atoms with Crippen molar-refractivity contribution in [3.63, 3.8) is 0 Å². The van der Waals surface area contributed by atoms with Crippen LogP contribution in [0.2, 0.25) is 0 Å². The largest absolute Gasteiger partial charge is 0.497 e. The Kier molecular flexibility index (Phi) is 5.81. The Labute approximate surface area is 117 Å². The van der Waals surface area contributed by atoms with Crippen molar-refractivity contribution < 1.29 is 14.3 Å². The SMILES string of the molecule is C=CCNC(=S)NC(=O)c1cc(OC)cc(OC)c1. The molecule has 2 N–H and O–H groups in total. The van der Waals surface area contributed by atoms with Crippen LogP contribution in [-0.2, 0) is 0 Å². The summed E-state index contributed by atoms with van der Waals surface area (Å²) in [7, 11) is 3.04. The molecule has 0 aromatic heterocycles. The van der Waals surface area contributed by atoms with Gasteiger partial charge in [-0.05, 0) is 24.4 Å². The van der Waals surface area contributed by atoms with Crippen molar-refractivity contribution in [3.8, 4) is 11.5 Å². The molecule has 1 aromatic rings. The van der Waals surface area contributed by atoms with Crippen LogP contribution in [0.3, 0.4) is 0 Å². The number of amides is 1. The van der Waals surface area contributed by atoms with E-state index in [1.807, 2.05) is 0 Å². The standard InChI is InChI=1S/C13H16N2O3S/c1-4-5-14-13(19)15-12(16)9-6-10(17-2)8-11(7-9)18-3/h4,6-8H,1,5H2,2-3H3,(H2,14,15,16,19). The van der Waals surface area contributed by atoms with E-state index in [9.17, 15) is 4.79 Å². The van der Waals surface area contributed by atoms with Crippen molar-refractivity contribution in [1.82, 2.24) is 10.6 Å². The van der Waals surface area contributed by atoms with Crippen LogP contribution in [0.1, 0.15) is 10.4 Å². The fourth-order valence-electron chi connectivity index (χ4n) is 1.32. The van der Waals surface area contributed by atoms with Crippen LogP contribution < -0.4 is 20.1 Å². The number of benzene rings is 1. The van der Waals surface area contributed by atoms with Gasteiger partial charge in [0.05, 0.1) is 14.2 Å². The van der Waals surface area contributed by atoms with Gasteiger partial charge in [0, 0.05) is 18.2 Å². The normalized spacial score (nSPS) is 9.37. The summed E-state index contributed by atoms with van der Waals surface area (Å²) in [5.41, 5.74) is 0.402. The lowest BCUT2D eigenvalue weighted by Crippen LogP contribution is -2.39. The summed E-state index contributed by atoms with van der Waals surface area (Å²) in [6.45, 7) is 4.03. The number of nitrogens with one attached hydrogen (secondary N) is 2. The Morgan fingerprint density at radius 1 is 1.32 bits per heavy atom. The number of rotatable bonds is 5. The highest BCUT2D eigenvalue weighted by molar-refractivity contribution is 7.80. The zero-order valence-electron chi connectivity index (χ0n) is 10.9. The molecule has 0 saturated heterocycles. The van der Waals surface area contributed by atoms with Crippen molar-refractivity contribution in [1.29, 1.82) is 0 Å². The number of thiocarbonyl (C=S) groups is 1. The highest BCUT2D eigenvalue weighted by Crippen LogP contribution is 2.22. The number of methoxy groups -OCH3 is 2. The van der Waals surface area contributed by atoms with Crippen LogP contribution in [-0.4, -0.2) is 31.8 Å². The second kappa shape index (κ2) is 7.38. The van der Waals surface area contributed by atoms with E-state index in [2.05, 4.69) is 17.2 Å². The van der Waals surface area contributed by atoms with Gasteiger partial charge in [-0.2, -0.15) is 0 Å². The average molecular weight is 280 g/mol. The molecule has 0 atom stereocenters. The lowest BCUT2D eigenvalue weighted by atomic mass is 10.2. The predicted molar refractivity (Wildman–Crippen MR) is 77.8 cm³/mol. The van der Waals surface area contributed by atoms with Crippen molar-refractivity contribution in [2.75, 3.05) is 20.8 Å². The number of carbonyl (C=O) groups excluding carboxylic acids is 1. The van der Waals surface area contributed by atoms with Crippen LogP contribution in [0, 0.1) is 0 Å². The molecular weight excluding hydrogens is 264 g/mol. The third-order valence-corrected chi connectivity index (χ3v) is 2.49. The minimum atomic E-state index is -0.334. The summed E-state index contributed by atoms with van der Waals surface area (Å²) in [6.07, 6.45) is 1.65. The van der Waals surface area contributed by atoms with Crippen LogP contribution in [0.15, 0.2) is 30.9 Å². The molecule has 0 aliphatic carbocycles. The minimum Gasteiger partial charge on any atom is -0.497 e. The van der Waals surface area contributed by atoms with Gasteiger partial charge >= 0.3 is 0 Å². The molecule has 1 amide bonds. The van der Waals surface area contributed by atoms with Crippen molar-refractivity contribution >= 4 is 23.2 Å². The molecule has 5 nitrogen and oxygen atoms in total. The highest BCUT2D eigenvalue weighted by atomic mass is 32.1. The van der Waals surface area contributed by atoms with E-state index >= 15 is 0 Å². The van der Waals surface area contributed by atoms with Gasteiger partial charge in [0.1, 0.15) is 11.5 Å². The van der Waals surface area contributed by atoms with Crippen LogP contribution in [0.4, 0.5) is 0 Å². The minimum absolute atomic E-state index is 0.242. The molecule has 0 fully saturated rings. The Bertz CT molecular complexity index is 467. The molecule has 0 aliphatic heterocycles. The van der Waals surface area contributed by atoms with Crippen LogP contribution >= 0.6 is 12.2 Å². The van der Waals surface area contributed by atoms with Gasteiger partial charge in [-0.1, -0.05) is 6.08 Å². The van der Waals surface area contributed by atoms with Gasteiger partial charge in [0.2, 0.25) is 0 Å². The summed E-state index contributed by atoms with van der Waals surface area (Å²) in [5, 5.41) is 5.61. The second-order valence-corrected chi connectivity index (χ2v) is 3.96. The molecule has 0 radical (unpaired) electrons. The van der Waals surface area contributed by atoms with Gasteiger partial charge in [0.25, 0.3) is 5.91 Å². The first-order chi connectivity index (χ1) is 9.10. The van der Waals surface area contributed by atoms with E-state index in [1.54, 1.807) is 24.3 Å². The zero-order valence-corrected chi connectivity index (χ0v) is 11.7. The molecule has 0 bridgehead atoms. The monoisotopic (exact) mass is 280 g/mol. The average Bonchev–Trinajstić information content (AvgIpc) is 2.44. The summed E-state index contributed by atoms with van der Waals surface area (Å²) < 4.78 is 10.2. The van der Waals surface area contributed by atoms with E-state index in [1.165, 1.54) is 14.2 Å². The van der Waals surface area contributed by atoms with E-state index in [0.717, 1.165) is 0 Å². The third-order valence-electron chi connectivity index (χ3n) is 2.25. The van der Waals surface area contributed by atoms with E-state index in [4.69, 9.17) is 21.7 Å². The Morgan fingerprint density at radius 2 is 1.89 bits per heavy atom. The topological polar surface area (TPSA) is 59.6 Å². The molecule has 1 rings (SSSR count). The van der Waals surface area contributed by atoms with Crippen molar-refractivity contribution in [3.05, 3.63) is 36.4 Å². The van der Waals surface area contributed by atoms with Gasteiger partial charge in [-0.3, -0.25) is 10.1 Å². The molecule has 19 heavy (non-hydrogen) atoms. The summed E-state index contributed by atoms with van der Waals surface area (Å²) in [5.74, 6) is 0.739. The van der Waals surface area contributed by atoms with Gasteiger partial charge < -0.3 is 14.8 Å². The van der Waals surface area contributed by atoms with E-state index < -0.39 is 0 Å². The predicted octanol–water partition coefficient (Wildman–Crippen LogP) is 1.49. The Hall–Kier alpha value is -2.08. The maximum Gasteiger partial charge on any atom is 0.257 e. The molecule has 6 heteroatoms. The first kappa shape index (κ1) is 15.0. The molecule has 0 unspecified atom stereocenters. The van der Waals surface area contributed by atoms with Gasteiger partial charge in [-0.25, -0.2) is 0 Å². The summed E-state index contributed by atoms with van der Waals surface area (Å²) >= 11 is 4.96. The number of ether oxygens (including phenoxy) is 2. The van der Waals surface area contributed by atoms with Gasteiger partial charge in [-0.15, -0.1) is 6.58 Å². The maximum atomic E-state index is 12.0. The Morgan fingerprint density at radius 3 is 2.37 bits per heavy atom. The quantitative estimate of drug-likeness (QED) is 0.632. The first-order valence-corrected chi connectivity index (χ1v) is 5.94. The van der Waals surface area contributed by atoms with E-state index in [-0.39, 0.29) is 11.0 Å². The molecule has 0 heterocycles. The maximum absolute atomic E-state index is 12.0. The van der Waals surface area contributed by atoms with E-state index in [0.29, 0.717) is 23.6 Å². The third kappa shape index (κ3) is 4.59. The fourth-order valence-corrected chi connectivity index (χ4v) is 1.50. The lowest BCUT2D eigenvalue weighted by molar-refractivity contribution is 0.0976. The van der Waals surface area contributed by atoms with Crippen LogP contribution in [0.25, 0.3) is 0 Å². The zero-order chi connectivity index (χ0) is 14.3. The fraction of sp³-hybridized carbons (Fsp3) is 0.231. The Balaban J connectivity index is 2.81. The molecular formula is C13H16N2O3S. The molecule has 0 spiro atoms. The number of carbonyl (C=O) groups is 1. The molecule has 0 saturated carbocycles. The van der Waals surface area contributed by atoms with Crippen molar-refractivity contribution in [2.45, 2.75) is 0 Å². The summed E-state index contributed by atoms with van der Waals surface area (Å²) in [4.78, 5) is 12.0. The lowest BCUT2D eigenvalue weighted by Gasteiger charge is -2.10. The second-order valence-electron chi connectivity index (χ2n) is 3.55. The summed E-state index contributed by atoms with van der Waals surface area (Å²) in [6, 6.07) is 4.90. The number of hydrogen-bond acceptors (Lipinski definition) is 4. The molecule has 102 valence electrons. The smallest absolute Gasteiger partial charge is 0.257 e. The molecule has 1 aromatic carbocycles.